The van der Waals surface area contributed by atoms with Gasteiger partial charge in [-0.1, -0.05) is 0 Å². The Kier molecular flexibility index (Phi) is 6.41. The number of hydrogen-bond acceptors (Lipinski definition) is 4. The van der Waals surface area contributed by atoms with Crippen molar-refractivity contribution in [2.45, 2.75) is 36.2 Å². The Balaban J connectivity index is 0.00000176. The molecule has 2 aliphatic rings. The van der Waals surface area contributed by atoms with Crippen LogP contribution in [0, 0.1) is 0 Å². The van der Waals surface area contributed by atoms with Crippen molar-refractivity contribution >= 4 is 30.1 Å². The molecular weight excluding hydrogens is 320 g/mol. The van der Waals surface area contributed by atoms with Gasteiger partial charge in [-0.25, -0.2) is 0 Å². The Labute approximate surface area is 142 Å². The second-order valence-corrected chi connectivity index (χ2v) is 6.69. The number of fused-ring (bicyclic) bond motifs is 2. The zero-order valence-electron chi connectivity index (χ0n) is 12.8. The number of carbonyl (C=O) groups is 1. The molecule has 0 spiro atoms. The van der Waals surface area contributed by atoms with E-state index >= 15 is 0 Å². The van der Waals surface area contributed by atoms with Crippen LogP contribution < -0.4 is 10.1 Å². The van der Waals surface area contributed by atoms with E-state index in [-0.39, 0.29) is 18.3 Å². The van der Waals surface area contributed by atoms with Crippen LogP contribution in [0.15, 0.2) is 29.2 Å². The molecule has 1 aromatic rings. The third kappa shape index (κ3) is 3.89. The molecule has 0 radical (unpaired) electrons. The smallest absolute Gasteiger partial charge is 0.233 e. The van der Waals surface area contributed by atoms with Crippen LogP contribution in [0.2, 0.25) is 0 Å². The summed E-state index contributed by atoms with van der Waals surface area (Å²) >= 11 is 1.61. The van der Waals surface area contributed by atoms with E-state index in [1.807, 2.05) is 24.3 Å². The first-order valence-electron chi connectivity index (χ1n) is 7.56. The van der Waals surface area contributed by atoms with Gasteiger partial charge in [0.15, 0.2) is 0 Å². The van der Waals surface area contributed by atoms with E-state index < -0.39 is 0 Å². The second-order valence-electron chi connectivity index (χ2n) is 5.64. The molecule has 4 nitrogen and oxygen atoms in total. The summed E-state index contributed by atoms with van der Waals surface area (Å²) in [5, 5.41) is 3.44. The Hall–Kier alpha value is -0.910. The Morgan fingerprint density at radius 3 is 2.73 bits per heavy atom. The van der Waals surface area contributed by atoms with Crippen molar-refractivity contribution in [2.24, 2.45) is 0 Å². The lowest BCUT2D eigenvalue weighted by Crippen LogP contribution is -2.43. The predicted octanol–water partition coefficient (Wildman–Crippen LogP) is 2.56. The Morgan fingerprint density at radius 1 is 1.27 bits per heavy atom. The number of benzene rings is 1. The topological polar surface area (TPSA) is 41.6 Å². The molecule has 1 amide bonds. The van der Waals surface area contributed by atoms with Crippen LogP contribution in [0.25, 0.3) is 0 Å². The van der Waals surface area contributed by atoms with Gasteiger partial charge in [-0.05, 0) is 50.1 Å². The summed E-state index contributed by atoms with van der Waals surface area (Å²) < 4.78 is 5.15. The van der Waals surface area contributed by atoms with E-state index in [1.54, 1.807) is 18.9 Å². The summed E-state index contributed by atoms with van der Waals surface area (Å²) in [4.78, 5) is 15.8. The first-order valence-corrected chi connectivity index (χ1v) is 8.55. The maximum absolute atomic E-state index is 12.6. The number of nitrogens with one attached hydrogen (secondary N) is 1. The molecule has 2 atom stereocenters. The van der Waals surface area contributed by atoms with Gasteiger partial charge in [0.05, 0.1) is 12.9 Å². The quantitative estimate of drug-likeness (QED) is 0.854. The van der Waals surface area contributed by atoms with Crippen LogP contribution >= 0.6 is 24.2 Å². The third-order valence-corrected chi connectivity index (χ3v) is 5.36. The molecule has 122 valence electrons. The van der Waals surface area contributed by atoms with Crippen molar-refractivity contribution < 1.29 is 9.53 Å². The molecule has 2 bridgehead atoms. The lowest BCUT2D eigenvalue weighted by molar-refractivity contribution is -0.130. The summed E-state index contributed by atoms with van der Waals surface area (Å²) in [7, 11) is 1.66. The molecule has 2 unspecified atom stereocenters. The summed E-state index contributed by atoms with van der Waals surface area (Å²) in [5.41, 5.74) is 0. The number of thioether (sulfide) groups is 1. The fourth-order valence-corrected chi connectivity index (χ4v) is 4.05. The maximum atomic E-state index is 12.6. The maximum Gasteiger partial charge on any atom is 0.233 e. The lowest BCUT2D eigenvalue weighted by Gasteiger charge is -2.27. The molecule has 2 saturated heterocycles. The number of nitrogens with zero attached hydrogens (tertiary/aromatic N) is 1. The molecular formula is C16H23ClN2O2S. The minimum Gasteiger partial charge on any atom is -0.497 e. The molecule has 1 N–H and O–H groups in total. The molecule has 2 aliphatic heterocycles. The van der Waals surface area contributed by atoms with Crippen LogP contribution in [0.5, 0.6) is 5.75 Å². The first kappa shape index (κ1) is 17.4. The number of hydrogen-bond donors (Lipinski definition) is 1. The van der Waals surface area contributed by atoms with Gasteiger partial charge in [0.2, 0.25) is 5.91 Å². The average molecular weight is 343 g/mol. The number of carbonyl (C=O) groups excluding carboxylic acids is 1. The number of halogens is 1. The highest BCUT2D eigenvalue weighted by atomic mass is 35.5. The Morgan fingerprint density at radius 2 is 2.00 bits per heavy atom. The zero-order valence-corrected chi connectivity index (χ0v) is 14.4. The van der Waals surface area contributed by atoms with Gasteiger partial charge in [-0.2, -0.15) is 0 Å². The van der Waals surface area contributed by atoms with E-state index in [1.165, 1.54) is 6.42 Å². The summed E-state index contributed by atoms with van der Waals surface area (Å²) in [6.45, 7) is 1.99. The minimum absolute atomic E-state index is 0. The Bertz CT molecular complexity index is 483. The number of methoxy groups -OCH3 is 1. The van der Waals surface area contributed by atoms with E-state index in [2.05, 4.69) is 10.2 Å². The molecule has 1 aromatic carbocycles. The molecule has 2 fully saturated rings. The van der Waals surface area contributed by atoms with Gasteiger partial charge < -0.3 is 15.0 Å². The number of rotatable bonds is 4. The van der Waals surface area contributed by atoms with Crippen molar-refractivity contribution in [1.82, 2.24) is 10.2 Å². The van der Waals surface area contributed by atoms with Crippen LogP contribution in [0.3, 0.4) is 0 Å². The van der Waals surface area contributed by atoms with Gasteiger partial charge in [0.25, 0.3) is 0 Å². The average Bonchev–Trinajstić information content (AvgIpc) is 2.78. The molecule has 0 aliphatic carbocycles. The standard InChI is InChI=1S/C16H22N2O2S.ClH/c1-20-14-4-6-15(7-5-14)21-11-16(19)18-12-2-3-13(18)10-17-9-8-12;/h4-7,12-13,17H,2-3,8-11H2,1H3;1H. The van der Waals surface area contributed by atoms with Gasteiger partial charge in [0, 0.05) is 23.5 Å². The van der Waals surface area contributed by atoms with Gasteiger partial charge in [-0.3, -0.25) is 4.79 Å². The van der Waals surface area contributed by atoms with Gasteiger partial charge >= 0.3 is 0 Å². The summed E-state index contributed by atoms with van der Waals surface area (Å²) in [5.74, 6) is 1.66. The van der Waals surface area contributed by atoms with Gasteiger partial charge in [0.1, 0.15) is 5.75 Å². The van der Waals surface area contributed by atoms with Gasteiger partial charge in [-0.15, -0.1) is 24.2 Å². The van der Waals surface area contributed by atoms with Crippen molar-refractivity contribution in [1.29, 1.82) is 0 Å². The van der Waals surface area contributed by atoms with Crippen LogP contribution in [-0.2, 0) is 4.79 Å². The number of amides is 1. The number of ether oxygens (including phenoxy) is 1. The van der Waals surface area contributed by atoms with Crippen molar-refractivity contribution in [3.63, 3.8) is 0 Å². The largest absolute Gasteiger partial charge is 0.497 e. The zero-order chi connectivity index (χ0) is 14.7. The van der Waals surface area contributed by atoms with E-state index in [0.717, 1.165) is 36.6 Å². The highest BCUT2D eigenvalue weighted by molar-refractivity contribution is 8.00. The summed E-state index contributed by atoms with van der Waals surface area (Å²) in [6, 6.07) is 8.75. The fraction of sp³-hybridized carbons (Fsp3) is 0.562. The molecule has 3 rings (SSSR count). The summed E-state index contributed by atoms with van der Waals surface area (Å²) in [6.07, 6.45) is 3.41. The minimum atomic E-state index is 0. The van der Waals surface area contributed by atoms with Crippen molar-refractivity contribution in [3.05, 3.63) is 24.3 Å². The van der Waals surface area contributed by atoms with Crippen molar-refractivity contribution in [3.8, 4) is 5.75 Å². The third-order valence-electron chi connectivity index (χ3n) is 4.36. The van der Waals surface area contributed by atoms with Crippen LogP contribution in [0.4, 0.5) is 0 Å². The van der Waals surface area contributed by atoms with Crippen LogP contribution in [-0.4, -0.2) is 48.8 Å². The SMILES string of the molecule is COc1ccc(SCC(=O)N2C3CCNCC2CC3)cc1.Cl. The highest BCUT2D eigenvalue weighted by Crippen LogP contribution is 2.29. The highest BCUT2D eigenvalue weighted by Gasteiger charge is 2.37. The molecule has 2 heterocycles. The van der Waals surface area contributed by atoms with Crippen molar-refractivity contribution in [2.75, 3.05) is 26.0 Å². The molecule has 6 heteroatoms. The second kappa shape index (κ2) is 8.09. The molecule has 0 aromatic heterocycles. The van der Waals surface area contributed by atoms with E-state index in [4.69, 9.17) is 4.74 Å². The first-order chi connectivity index (χ1) is 10.3. The van der Waals surface area contributed by atoms with E-state index in [9.17, 15) is 4.79 Å². The molecule has 0 saturated carbocycles. The molecule has 22 heavy (non-hydrogen) atoms. The monoisotopic (exact) mass is 342 g/mol. The predicted molar refractivity (Wildman–Crippen MR) is 92.1 cm³/mol. The lowest BCUT2D eigenvalue weighted by atomic mass is 10.1. The normalized spacial score (nSPS) is 23.6. The fourth-order valence-electron chi connectivity index (χ4n) is 3.28. The van der Waals surface area contributed by atoms with E-state index in [0.29, 0.717) is 17.8 Å². The van der Waals surface area contributed by atoms with Crippen LogP contribution in [0.1, 0.15) is 19.3 Å².